The summed E-state index contributed by atoms with van der Waals surface area (Å²) >= 11 is 0. The molecular weight excluding hydrogens is 356 g/mol. The van der Waals surface area contributed by atoms with Crippen LogP contribution in [0.3, 0.4) is 0 Å². The number of rotatable bonds is 5. The zero-order valence-electron chi connectivity index (χ0n) is 16.3. The van der Waals surface area contributed by atoms with Crippen LogP contribution in [0, 0.1) is 0 Å². The maximum Gasteiger partial charge on any atom is 0.161 e. The molecule has 0 saturated carbocycles. The van der Waals surface area contributed by atoms with E-state index < -0.39 is 6.10 Å². The second kappa shape index (κ2) is 8.71. The maximum absolute atomic E-state index is 10.7. The van der Waals surface area contributed by atoms with Gasteiger partial charge in [0.05, 0.1) is 26.4 Å². The van der Waals surface area contributed by atoms with Gasteiger partial charge in [-0.05, 0) is 42.0 Å². The second-order valence-electron chi connectivity index (χ2n) is 7.26. The molecule has 2 aromatic rings. The molecule has 0 amide bonds. The predicted molar refractivity (Wildman–Crippen MR) is 109 cm³/mol. The van der Waals surface area contributed by atoms with Crippen LogP contribution in [0.1, 0.15) is 18.1 Å². The van der Waals surface area contributed by atoms with Crippen molar-refractivity contribution in [3.8, 4) is 17.2 Å². The highest BCUT2D eigenvalue weighted by Gasteiger charge is 2.21. The number of aliphatic hydroxyl groups excluding tert-OH is 1. The van der Waals surface area contributed by atoms with E-state index in [4.69, 9.17) is 14.2 Å². The summed E-state index contributed by atoms with van der Waals surface area (Å²) in [7, 11) is 1.68. The molecule has 2 aliphatic rings. The number of anilines is 1. The Kier molecular flexibility index (Phi) is 5.88. The molecule has 6 heteroatoms. The Labute approximate surface area is 166 Å². The molecular formula is C22H28N2O4. The molecule has 28 heavy (non-hydrogen) atoms. The van der Waals surface area contributed by atoms with Gasteiger partial charge >= 0.3 is 0 Å². The lowest BCUT2D eigenvalue weighted by atomic mass is 10.1. The van der Waals surface area contributed by atoms with E-state index in [9.17, 15) is 5.11 Å². The second-order valence-corrected chi connectivity index (χ2v) is 7.26. The summed E-state index contributed by atoms with van der Waals surface area (Å²) < 4.78 is 16.6. The first-order chi connectivity index (χ1) is 13.7. The Morgan fingerprint density at radius 2 is 1.68 bits per heavy atom. The summed E-state index contributed by atoms with van der Waals surface area (Å²) in [6.07, 6.45) is 0.343. The number of piperazine rings is 1. The van der Waals surface area contributed by atoms with Crippen molar-refractivity contribution in [1.82, 2.24) is 4.90 Å². The molecule has 1 N–H and O–H groups in total. The Bertz CT molecular complexity index is 773. The minimum absolute atomic E-state index is 0.537. The number of benzene rings is 2. The first-order valence-electron chi connectivity index (χ1n) is 9.92. The van der Waals surface area contributed by atoms with Crippen LogP contribution in [-0.2, 0) is 0 Å². The van der Waals surface area contributed by atoms with Crippen molar-refractivity contribution < 1.29 is 19.3 Å². The van der Waals surface area contributed by atoms with E-state index in [2.05, 4.69) is 21.9 Å². The van der Waals surface area contributed by atoms with E-state index in [0.717, 1.165) is 55.4 Å². The Morgan fingerprint density at radius 3 is 2.39 bits per heavy atom. The van der Waals surface area contributed by atoms with E-state index >= 15 is 0 Å². The highest BCUT2D eigenvalue weighted by Crippen LogP contribution is 2.32. The van der Waals surface area contributed by atoms with Crippen LogP contribution in [0.15, 0.2) is 42.5 Å². The third-order valence-electron chi connectivity index (χ3n) is 5.40. The molecule has 2 aliphatic heterocycles. The lowest BCUT2D eigenvalue weighted by Gasteiger charge is -2.37. The Balaban J connectivity index is 1.32. The number of fused-ring (bicyclic) bond motifs is 1. The summed E-state index contributed by atoms with van der Waals surface area (Å²) in [5.41, 5.74) is 2.09. The molecule has 0 radical (unpaired) electrons. The third-order valence-corrected chi connectivity index (χ3v) is 5.40. The van der Waals surface area contributed by atoms with Gasteiger partial charge in [-0.2, -0.15) is 0 Å². The van der Waals surface area contributed by atoms with Crippen molar-refractivity contribution in [3.05, 3.63) is 48.0 Å². The van der Waals surface area contributed by atoms with Gasteiger partial charge in [0.2, 0.25) is 0 Å². The van der Waals surface area contributed by atoms with Crippen LogP contribution in [0.5, 0.6) is 17.2 Å². The number of β-amino-alcohol motifs (C(OH)–C–C–N with tert-alkyl or cyclic N) is 1. The lowest BCUT2D eigenvalue weighted by molar-refractivity contribution is 0.109. The fourth-order valence-electron chi connectivity index (χ4n) is 3.72. The summed E-state index contributed by atoms with van der Waals surface area (Å²) in [4.78, 5) is 4.68. The topological polar surface area (TPSA) is 54.4 Å². The van der Waals surface area contributed by atoms with Crippen molar-refractivity contribution in [2.45, 2.75) is 12.5 Å². The van der Waals surface area contributed by atoms with E-state index in [-0.39, 0.29) is 0 Å². The maximum atomic E-state index is 10.7. The van der Waals surface area contributed by atoms with E-state index in [0.29, 0.717) is 19.8 Å². The zero-order valence-corrected chi connectivity index (χ0v) is 16.3. The van der Waals surface area contributed by atoms with Crippen molar-refractivity contribution in [3.63, 3.8) is 0 Å². The molecule has 2 heterocycles. The highest BCUT2D eigenvalue weighted by atomic mass is 16.5. The molecule has 4 rings (SSSR count). The summed E-state index contributed by atoms with van der Waals surface area (Å²) in [5, 5.41) is 10.7. The van der Waals surface area contributed by atoms with Crippen LogP contribution in [-0.4, -0.2) is 63.1 Å². The van der Waals surface area contributed by atoms with Gasteiger partial charge in [0.15, 0.2) is 11.5 Å². The monoisotopic (exact) mass is 384 g/mol. The van der Waals surface area contributed by atoms with Crippen LogP contribution in [0.2, 0.25) is 0 Å². The molecule has 6 nitrogen and oxygen atoms in total. The normalized spacial score (nSPS) is 18.4. The minimum atomic E-state index is -0.537. The van der Waals surface area contributed by atoms with Gasteiger partial charge in [0, 0.05) is 44.8 Å². The molecule has 0 aliphatic carbocycles. The van der Waals surface area contributed by atoms with E-state index in [1.807, 2.05) is 30.3 Å². The summed E-state index contributed by atoms with van der Waals surface area (Å²) in [6.45, 7) is 5.69. The Morgan fingerprint density at radius 1 is 0.964 bits per heavy atom. The average Bonchev–Trinajstić information content (AvgIpc) is 2.99. The third kappa shape index (κ3) is 4.34. The van der Waals surface area contributed by atoms with Crippen LogP contribution in [0.25, 0.3) is 0 Å². The zero-order chi connectivity index (χ0) is 19.3. The summed E-state index contributed by atoms with van der Waals surface area (Å²) in [5.74, 6) is 2.38. The van der Waals surface area contributed by atoms with E-state index in [1.54, 1.807) is 7.11 Å². The van der Waals surface area contributed by atoms with Crippen molar-refractivity contribution in [1.29, 1.82) is 0 Å². The lowest BCUT2D eigenvalue weighted by Crippen LogP contribution is -2.47. The molecule has 2 aromatic carbocycles. The molecule has 150 valence electrons. The number of ether oxygens (including phenoxy) is 3. The Hall–Kier alpha value is -2.44. The van der Waals surface area contributed by atoms with Gasteiger partial charge < -0.3 is 24.2 Å². The first kappa shape index (κ1) is 18.9. The molecule has 0 unspecified atom stereocenters. The number of methoxy groups -OCH3 is 1. The minimum Gasteiger partial charge on any atom is -0.497 e. The predicted octanol–water partition coefficient (Wildman–Crippen LogP) is 2.71. The fourth-order valence-corrected chi connectivity index (χ4v) is 3.72. The van der Waals surface area contributed by atoms with Gasteiger partial charge in [-0.15, -0.1) is 0 Å². The van der Waals surface area contributed by atoms with Gasteiger partial charge in [-0.25, -0.2) is 0 Å². The average molecular weight is 384 g/mol. The van der Waals surface area contributed by atoms with Gasteiger partial charge in [-0.1, -0.05) is 6.07 Å². The van der Waals surface area contributed by atoms with Crippen molar-refractivity contribution in [2.24, 2.45) is 0 Å². The van der Waals surface area contributed by atoms with Crippen LogP contribution < -0.4 is 19.1 Å². The SMILES string of the molecule is COc1ccc(N2CCN(C[C@H](O)c3ccc4c(c3)OCCCO4)CC2)cc1. The van der Waals surface area contributed by atoms with E-state index in [1.165, 1.54) is 5.69 Å². The first-order valence-corrected chi connectivity index (χ1v) is 9.92. The van der Waals surface area contributed by atoms with Crippen LogP contribution >= 0.6 is 0 Å². The molecule has 1 atom stereocenters. The van der Waals surface area contributed by atoms with Crippen molar-refractivity contribution >= 4 is 5.69 Å². The number of nitrogens with zero attached hydrogens (tertiary/aromatic N) is 2. The smallest absolute Gasteiger partial charge is 0.161 e. The van der Waals surface area contributed by atoms with Crippen molar-refractivity contribution in [2.75, 3.05) is 57.9 Å². The largest absolute Gasteiger partial charge is 0.497 e. The number of aliphatic hydroxyl groups is 1. The van der Waals surface area contributed by atoms with Gasteiger partial charge in [0.1, 0.15) is 5.75 Å². The molecule has 1 fully saturated rings. The molecule has 0 bridgehead atoms. The molecule has 0 aromatic heterocycles. The molecule has 1 saturated heterocycles. The fraction of sp³-hybridized carbons (Fsp3) is 0.455. The van der Waals surface area contributed by atoms with Gasteiger partial charge in [0.25, 0.3) is 0 Å². The highest BCUT2D eigenvalue weighted by molar-refractivity contribution is 5.49. The quantitative estimate of drug-likeness (QED) is 0.856. The van der Waals surface area contributed by atoms with Gasteiger partial charge in [-0.3, -0.25) is 4.90 Å². The van der Waals surface area contributed by atoms with Crippen LogP contribution in [0.4, 0.5) is 5.69 Å². The number of hydrogen-bond acceptors (Lipinski definition) is 6. The number of hydrogen-bond donors (Lipinski definition) is 1. The molecule has 0 spiro atoms. The standard InChI is InChI=1S/C22H28N2O4/c1-26-19-6-4-18(5-7-19)24-11-9-23(10-12-24)16-20(25)17-3-8-21-22(15-17)28-14-2-13-27-21/h3-8,15,20,25H,2,9-14,16H2,1H3/t20-/m0/s1. The summed E-state index contributed by atoms with van der Waals surface area (Å²) in [6, 6.07) is 13.9.